The number of rotatable bonds is 1. The maximum absolute atomic E-state index is 8.34. The van der Waals surface area contributed by atoms with Gasteiger partial charge in [-0.1, -0.05) is 0 Å². The summed E-state index contributed by atoms with van der Waals surface area (Å²) in [5, 5.41) is 25.0. The van der Waals surface area contributed by atoms with Crippen LogP contribution in [0.4, 0.5) is 0 Å². The fourth-order valence-corrected chi connectivity index (χ4v) is 0.320. The Kier molecular flexibility index (Phi) is 2.38. The summed E-state index contributed by atoms with van der Waals surface area (Å²) in [7, 11) is 0. The van der Waals surface area contributed by atoms with E-state index in [9.17, 15) is 0 Å². The van der Waals surface area contributed by atoms with Gasteiger partial charge in [-0.2, -0.15) is 15.8 Å². The number of nitrogens with two attached hydrogens (primary N) is 1. The number of hydrogen-bond acceptors (Lipinski definition) is 4. The molecule has 0 aliphatic heterocycles. The van der Waals surface area contributed by atoms with E-state index >= 15 is 0 Å². The lowest BCUT2D eigenvalue weighted by Crippen LogP contribution is -2.42. The summed E-state index contributed by atoms with van der Waals surface area (Å²) in [6.45, 7) is 1.44. The van der Waals surface area contributed by atoms with Crippen LogP contribution >= 0.6 is 0 Å². The molecule has 0 amide bonds. The van der Waals surface area contributed by atoms with Crippen LogP contribution in [0, 0.1) is 39.9 Å². The van der Waals surface area contributed by atoms with Gasteiger partial charge in [0.05, 0.1) is 12.0 Å². The lowest BCUT2D eigenvalue weighted by molar-refractivity contribution is 0.546. The van der Waals surface area contributed by atoms with Crippen molar-refractivity contribution in [3.63, 3.8) is 0 Å². The third kappa shape index (κ3) is 1.23. The van der Waals surface area contributed by atoms with Crippen molar-refractivity contribution in [1.29, 1.82) is 15.8 Å². The van der Waals surface area contributed by atoms with Crippen LogP contribution < -0.4 is 5.73 Å². The summed E-state index contributed by atoms with van der Waals surface area (Å²) in [5.74, 6) is -0.762. The fourth-order valence-electron chi connectivity index (χ4n) is 0.320. The average molecular weight is 134 g/mol. The van der Waals surface area contributed by atoms with Gasteiger partial charge in [0.25, 0.3) is 0 Å². The van der Waals surface area contributed by atoms with Gasteiger partial charge >= 0.3 is 0 Å². The van der Waals surface area contributed by atoms with E-state index in [1.807, 2.05) is 0 Å². The fraction of sp³-hybridized carbons (Fsp3) is 0.500. The molecular formula is C6H6N4. The van der Waals surface area contributed by atoms with E-state index in [-0.39, 0.29) is 0 Å². The highest BCUT2D eigenvalue weighted by atomic mass is 14.8. The van der Waals surface area contributed by atoms with Crippen LogP contribution in [0.15, 0.2) is 0 Å². The lowest BCUT2D eigenvalue weighted by Gasteiger charge is -2.12. The van der Waals surface area contributed by atoms with Crippen molar-refractivity contribution in [1.82, 2.24) is 0 Å². The molecule has 1 unspecified atom stereocenters. The van der Waals surface area contributed by atoms with Crippen molar-refractivity contribution in [3.05, 3.63) is 0 Å². The maximum Gasteiger partial charge on any atom is 0.207 e. The van der Waals surface area contributed by atoms with Crippen molar-refractivity contribution in [2.24, 2.45) is 11.7 Å². The zero-order valence-electron chi connectivity index (χ0n) is 5.50. The SMILES string of the molecule is CC(C#N)C(N)(C#N)C#N. The molecule has 0 aromatic heterocycles. The van der Waals surface area contributed by atoms with Gasteiger partial charge in [-0.3, -0.25) is 0 Å². The second-order valence-corrected chi connectivity index (χ2v) is 1.94. The van der Waals surface area contributed by atoms with Crippen LogP contribution in [0.25, 0.3) is 0 Å². The second kappa shape index (κ2) is 2.82. The molecule has 2 N–H and O–H groups in total. The smallest absolute Gasteiger partial charge is 0.207 e. The van der Waals surface area contributed by atoms with E-state index < -0.39 is 11.5 Å². The average Bonchev–Trinajstić information content (AvgIpc) is 2.01. The minimum Gasteiger partial charge on any atom is -0.300 e. The molecule has 0 fully saturated rings. The van der Waals surface area contributed by atoms with Crippen molar-refractivity contribution < 1.29 is 0 Å². The van der Waals surface area contributed by atoms with Gasteiger partial charge in [0.1, 0.15) is 12.1 Å². The van der Waals surface area contributed by atoms with Crippen molar-refractivity contribution in [3.8, 4) is 18.2 Å². The lowest BCUT2D eigenvalue weighted by atomic mass is 9.90. The summed E-state index contributed by atoms with van der Waals surface area (Å²) in [4.78, 5) is 0. The first-order valence-corrected chi connectivity index (χ1v) is 2.61. The Balaban J connectivity index is 4.62. The number of nitrogens with zero attached hydrogens (tertiary/aromatic N) is 3. The minimum absolute atomic E-state index is 0.762. The Morgan fingerprint density at radius 3 is 1.80 bits per heavy atom. The second-order valence-electron chi connectivity index (χ2n) is 1.94. The third-order valence-corrected chi connectivity index (χ3v) is 1.25. The highest BCUT2D eigenvalue weighted by Gasteiger charge is 2.31. The molecule has 4 heteroatoms. The summed E-state index contributed by atoms with van der Waals surface area (Å²) < 4.78 is 0. The molecule has 4 nitrogen and oxygen atoms in total. The van der Waals surface area contributed by atoms with Gasteiger partial charge in [0.15, 0.2) is 0 Å². The summed E-state index contributed by atoms with van der Waals surface area (Å²) in [5.41, 5.74) is 3.55. The van der Waals surface area contributed by atoms with E-state index in [1.165, 1.54) is 6.92 Å². The minimum atomic E-state index is -1.66. The molecule has 0 aromatic rings. The molecule has 0 rings (SSSR count). The van der Waals surface area contributed by atoms with E-state index in [0.717, 1.165) is 0 Å². The van der Waals surface area contributed by atoms with Gasteiger partial charge in [0, 0.05) is 0 Å². The summed E-state index contributed by atoms with van der Waals surface area (Å²) in [6.07, 6.45) is 0. The molecule has 1 atom stereocenters. The Bertz CT molecular complexity index is 222. The van der Waals surface area contributed by atoms with Gasteiger partial charge in [0.2, 0.25) is 5.54 Å². The molecule has 50 valence electrons. The van der Waals surface area contributed by atoms with Crippen LogP contribution in [0.1, 0.15) is 6.92 Å². The van der Waals surface area contributed by atoms with Gasteiger partial charge in [-0.25, -0.2) is 0 Å². The van der Waals surface area contributed by atoms with Crippen molar-refractivity contribution >= 4 is 0 Å². The normalized spacial score (nSPS) is 12.3. The van der Waals surface area contributed by atoms with Gasteiger partial charge in [-0.05, 0) is 6.92 Å². The van der Waals surface area contributed by atoms with Crippen LogP contribution in [0.3, 0.4) is 0 Å². The molecule has 0 heterocycles. The van der Waals surface area contributed by atoms with E-state index in [4.69, 9.17) is 21.5 Å². The molecule has 0 aliphatic carbocycles. The quantitative estimate of drug-likeness (QED) is 0.541. The van der Waals surface area contributed by atoms with Crippen LogP contribution in [-0.4, -0.2) is 5.54 Å². The first-order chi connectivity index (χ1) is 4.60. The zero-order chi connectivity index (χ0) is 8.20. The Labute approximate surface area is 59.1 Å². The molecule has 0 spiro atoms. The molecule has 0 saturated heterocycles. The van der Waals surface area contributed by atoms with Crippen molar-refractivity contribution in [2.45, 2.75) is 12.5 Å². The highest BCUT2D eigenvalue weighted by molar-refractivity contribution is 5.25. The van der Waals surface area contributed by atoms with Gasteiger partial charge < -0.3 is 5.73 Å². The molecule has 0 aliphatic rings. The van der Waals surface area contributed by atoms with Crippen LogP contribution in [0.2, 0.25) is 0 Å². The van der Waals surface area contributed by atoms with Gasteiger partial charge in [-0.15, -0.1) is 0 Å². The molecular weight excluding hydrogens is 128 g/mol. The molecule has 0 saturated carbocycles. The van der Waals surface area contributed by atoms with Crippen LogP contribution in [-0.2, 0) is 0 Å². The number of hydrogen-bond donors (Lipinski definition) is 1. The Morgan fingerprint density at radius 2 is 1.70 bits per heavy atom. The predicted octanol–water partition coefficient (Wildman–Crippen LogP) is -0.109. The van der Waals surface area contributed by atoms with E-state index in [2.05, 4.69) is 0 Å². The topological polar surface area (TPSA) is 97.4 Å². The number of nitriles is 3. The van der Waals surface area contributed by atoms with Crippen LogP contribution in [0.5, 0.6) is 0 Å². The maximum atomic E-state index is 8.34. The Hall–Kier alpha value is -1.57. The predicted molar refractivity (Wildman–Crippen MR) is 32.9 cm³/mol. The standard InChI is InChI=1S/C6H6N4/c1-5(2-7)6(10,3-8)4-9/h5H,10H2,1H3. The van der Waals surface area contributed by atoms with E-state index in [0.29, 0.717) is 0 Å². The molecule has 0 bridgehead atoms. The van der Waals surface area contributed by atoms with Crippen molar-refractivity contribution in [2.75, 3.05) is 0 Å². The zero-order valence-corrected chi connectivity index (χ0v) is 5.50. The first-order valence-electron chi connectivity index (χ1n) is 2.61. The highest BCUT2D eigenvalue weighted by Crippen LogP contribution is 2.10. The summed E-state index contributed by atoms with van der Waals surface area (Å²) in [6, 6.07) is 4.88. The largest absolute Gasteiger partial charge is 0.300 e. The monoisotopic (exact) mass is 134 g/mol. The molecule has 0 radical (unpaired) electrons. The van der Waals surface area contributed by atoms with E-state index in [1.54, 1.807) is 18.2 Å². The molecule has 0 aromatic carbocycles. The Morgan fingerprint density at radius 1 is 1.30 bits per heavy atom. The molecule has 10 heavy (non-hydrogen) atoms. The first kappa shape index (κ1) is 8.43. The third-order valence-electron chi connectivity index (χ3n) is 1.25. The summed E-state index contributed by atoms with van der Waals surface area (Å²) >= 11 is 0.